The summed E-state index contributed by atoms with van der Waals surface area (Å²) < 4.78 is 15.2. The summed E-state index contributed by atoms with van der Waals surface area (Å²) in [7, 11) is 0. The molecule has 2 aromatic heterocycles. The fourth-order valence-electron chi connectivity index (χ4n) is 2.46. The number of rotatable bonds is 7. The molecule has 3 aromatic rings. The molecule has 1 atom stereocenters. The minimum Gasteiger partial charge on any atom is -0.462 e. The second-order valence-corrected chi connectivity index (χ2v) is 5.99. The van der Waals surface area contributed by atoms with Crippen LogP contribution >= 0.6 is 0 Å². The van der Waals surface area contributed by atoms with Crippen LogP contribution in [0.1, 0.15) is 46.6 Å². The molecule has 0 amide bonds. The van der Waals surface area contributed by atoms with E-state index in [0.717, 1.165) is 18.2 Å². The van der Waals surface area contributed by atoms with Crippen LogP contribution in [0.25, 0.3) is 11.4 Å². The normalized spacial score (nSPS) is 11.5. The van der Waals surface area contributed by atoms with Gasteiger partial charge in [0.25, 0.3) is 11.6 Å². The highest BCUT2D eigenvalue weighted by molar-refractivity contribution is 5.96. The quantitative estimate of drug-likeness (QED) is 0.322. The third-order valence-electron chi connectivity index (χ3n) is 3.87. The lowest BCUT2D eigenvalue weighted by Crippen LogP contribution is -2.12. The molecule has 11 nitrogen and oxygen atoms in total. The van der Waals surface area contributed by atoms with Crippen molar-refractivity contribution in [2.75, 3.05) is 6.61 Å². The number of nitrogens with zero attached hydrogens (tertiary/aromatic N) is 4. The second-order valence-electron chi connectivity index (χ2n) is 5.99. The first-order chi connectivity index (χ1) is 14.4. The number of pyridine rings is 1. The summed E-state index contributed by atoms with van der Waals surface area (Å²) in [5.41, 5.74) is -0.158. The summed E-state index contributed by atoms with van der Waals surface area (Å²) in [5.74, 6) is -1.40. The van der Waals surface area contributed by atoms with Crippen molar-refractivity contribution < 1.29 is 28.5 Å². The maximum atomic E-state index is 12.5. The van der Waals surface area contributed by atoms with Crippen LogP contribution in [0.5, 0.6) is 0 Å². The van der Waals surface area contributed by atoms with Crippen molar-refractivity contribution in [1.29, 1.82) is 0 Å². The van der Waals surface area contributed by atoms with Gasteiger partial charge in [-0.2, -0.15) is 4.98 Å². The SMILES string of the molecule is CCOC(=O)c1cc(C(=O)OC(C)c2nc(-c3cccnc3)no2)cc([N+](=O)[O-])c1. The fraction of sp³-hybridized carbons (Fsp3) is 0.211. The molecular weight excluding hydrogens is 396 g/mol. The molecule has 1 unspecified atom stereocenters. The number of nitro groups is 1. The number of hydrogen-bond donors (Lipinski definition) is 0. The lowest BCUT2D eigenvalue weighted by molar-refractivity contribution is -0.384. The largest absolute Gasteiger partial charge is 0.462 e. The van der Waals surface area contributed by atoms with Crippen LogP contribution in [-0.4, -0.2) is 38.6 Å². The minimum absolute atomic E-state index is 0.0262. The summed E-state index contributed by atoms with van der Waals surface area (Å²) in [5, 5.41) is 15.0. The average molecular weight is 412 g/mol. The summed E-state index contributed by atoms with van der Waals surface area (Å²) in [6.07, 6.45) is 2.20. The van der Waals surface area contributed by atoms with Gasteiger partial charge in [0, 0.05) is 30.1 Å². The van der Waals surface area contributed by atoms with Crippen molar-refractivity contribution in [3.8, 4) is 11.4 Å². The summed E-state index contributed by atoms with van der Waals surface area (Å²) in [6, 6.07) is 6.63. The Morgan fingerprint density at radius 3 is 2.60 bits per heavy atom. The minimum atomic E-state index is -0.944. The van der Waals surface area contributed by atoms with E-state index in [0.29, 0.717) is 5.56 Å². The number of carbonyl (C=O) groups excluding carboxylic acids is 2. The van der Waals surface area contributed by atoms with Gasteiger partial charge in [0.05, 0.1) is 22.7 Å². The predicted octanol–water partition coefficient (Wildman–Crippen LogP) is 3.13. The van der Waals surface area contributed by atoms with Crippen LogP contribution in [0.4, 0.5) is 5.69 Å². The van der Waals surface area contributed by atoms with Crippen molar-refractivity contribution in [2.24, 2.45) is 0 Å². The van der Waals surface area contributed by atoms with Gasteiger partial charge in [-0.05, 0) is 32.0 Å². The highest BCUT2D eigenvalue weighted by Crippen LogP contribution is 2.23. The van der Waals surface area contributed by atoms with Gasteiger partial charge < -0.3 is 14.0 Å². The highest BCUT2D eigenvalue weighted by Gasteiger charge is 2.23. The predicted molar refractivity (Wildman–Crippen MR) is 100 cm³/mol. The van der Waals surface area contributed by atoms with Gasteiger partial charge in [0.1, 0.15) is 0 Å². The maximum absolute atomic E-state index is 12.5. The van der Waals surface area contributed by atoms with E-state index in [-0.39, 0.29) is 29.4 Å². The molecule has 0 bridgehead atoms. The van der Waals surface area contributed by atoms with Crippen LogP contribution in [-0.2, 0) is 9.47 Å². The molecule has 154 valence electrons. The Kier molecular flexibility index (Phi) is 6.11. The molecule has 1 aromatic carbocycles. The zero-order valence-corrected chi connectivity index (χ0v) is 16.0. The summed E-state index contributed by atoms with van der Waals surface area (Å²) >= 11 is 0. The molecule has 11 heteroatoms. The molecule has 30 heavy (non-hydrogen) atoms. The molecule has 0 radical (unpaired) electrons. The monoisotopic (exact) mass is 412 g/mol. The third-order valence-corrected chi connectivity index (χ3v) is 3.87. The van der Waals surface area contributed by atoms with Gasteiger partial charge in [-0.3, -0.25) is 15.1 Å². The number of ether oxygens (including phenoxy) is 2. The third kappa shape index (κ3) is 4.63. The Hall–Kier alpha value is -4.15. The van der Waals surface area contributed by atoms with Crippen molar-refractivity contribution in [3.63, 3.8) is 0 Å². The molecule has 0 saturated carbocycles. The zero-order valence-electron chi connectivity index (χ0n) is 16.0. The number of non-ortho nitro benzene ring substituents is 1. The molecule has 0 N–H and O–H groups in total. The number of hydrogen-bond acceptors (Lipinski definition) is 10. The maximum Gasteiger partial charge on any atom is 0.339 e. The first kappa shape index (κ1) is 20.6. The standard InChI is InChI=1S/C19H16N4O7/c1-3-28-18(24)13-7-14(9-15(8-13)23(26)27)19(25)29-11(2)17-21-16(22-30-17)12-5-4-6-20-10-12/h4-11H,3H2,1-2H3. The Morgan fingerprint density at radius 1 is 1.23 bits per heavy atom. The van der Waals surface area contributed by atoms with Gasteiger partial charge in [0.2, 0.25) is 5.82 Å². The summed E-state index contributed by atoms with van der Waals surface area (Å²) in [4.78, 5) is 43.0. The smallest absolute Gasteiger partial charge is 0.339 e. The number of aromatic nitrogens is 3. The molecule has 0 aliphatic heterocycles. The number of benzene rings is 1. The van der Waals surface area contributed by atoms with Crippen LogP contribution in [0.15, 0.2) is 47.2 Å². The Bertz CT molecular complexity index is 1080. The van der Waals surface area contributed by atoms with Crippen LogP contribution in [0, 0.1) is 10.1 Å². The van der Waals surface area contributed by atoms with Gasteiger partial charge in [-0.15, -0.1) is 0 Å². The highest BCUT2D eigenvalue weighted by atomic mass is 16.6. The average Bonchev–Trinajstić information content (AvgIpc) is 3.24. The lowest BCUT2D eigenvalue weighted by atomic mass is 10.1. The van der Waals surface area contributed by atoms with E-state index in [1.165, 1.54) is 6.92 Å². The van der Waals surface area contributed by atoms with Gasteiger partial charge >= 0.3 is 11.9 Å². The van der Waals surface area contributed by atoms with E-state index in [1.807, 2.05) is 0 Å². The molecule has 3 rings (SSSR count). The van der Waals surface area contributed by atoms with Crippen molar-refractivity contribution >= 4 is 17.6 Å². The Balaban J connectivity index is 1.80. The van der Waals surface area contributed by atoms with Crippen molar-refractivity contribution in [1.82, 2.24) is 15.1 Å². The number of nitro benzene ring substituents is 1. The Labute approximate surface area is 169 Å². The molecule has 0 aliphatic rings. The first-order valence-electron chi connectivity index (χ1n) is 8.80. The second kappa shape index (κ2) is 8.90. The van der Waals surface area contributed by atoms with Crippen LogP contribution in [0.2, 0.25) is 0 Å². The molecular formula is C19H16N4O7. The van der Waals surface area contributed by atoms with Gasteiger partial charge in [0.15, 0.2) is 6.10 Å². The van der Waals surface area contributed by atoms with Crippen molar-refractivity contribution in [3.05, 3.63) is 69.9 Å². The zero-order chi connectivity index (χ0) is 21.7. The van der Waals surface area contributed by atoms with Crippen molar-refractivity contribution in [2.45, 2.75) is 20.0 Å². The van der Waals surface area contributed by atoms with Gasteiger partial charge in [-0.25, -0.2) is 9.59 Å². The van der Waals surface area contributed by atoms with Gasteiger partial charge in [-0.1, -0.05) is 5.16 Å². The summed E-state index contributed by atoms with van der Waals surface area (Å²) in [6.45, 7) is 3.17. The molecule has 0 spiro atoms. The number of carbonyl (C=O) groups is 2. The molecule has 0 saturated heterocycles. The van der Waals surface area contributed by atoms with E-state index in [9.17, 15) is 19.7 Å². The van der Waals surface area contributed by atoms with Crippen LogP contribution in [0.3, 0.4) is 0 Å². The molecule has 2 heterocycles. The first-order valence-corrected chi connectivity index (χ1v) is 8.80. The molecule has 0 aliphatic carbocycles. The van der Waals surface area contributed by atoms with E-state index in [1.54, 1.807) is 31.5 Å². The van der Waals surface area contributed by atoms with E-state index in [2.05, 4.69) is 15.1 Å². The molecule has 0 fully saturated rings. The van der Waals surface area contributed by atoms with E-state index in [4.69, 9.17) is 14.0 Å². The van der Waals surface area contributed by atoms with E-state index < -0.39 is 28.7 Å². The van der Waals surface area contributed by atoms with Crippen LogP contribution < -0.4 is 0 Å². The fourth-order valence-corrected chi connectivity index (χ4v) is 2.46. The van der Waals surface area contributed by atoms with E-state index >= 15 is 0 Å². The topological polar surface area (TPSA) is 148 Å². The lowest BCUT2D eigenvalue weighted by Gasteiger charge is -2.10. The number of esters is 2. The Morgan fingerprint density at radius 2 is 1.97 bits per heavy atom.